The molecule has 0 spiro atoms. The van der Waals surface area contributed by atoms with E-state index in [0.29, 0.717) is 35.3 Å². The van der Waals surface area contributed by atoms with E-state index in [4.69, 9.17) is 9.29 Å². The Hall–Kier alpha value is -0.540. The molecule has 202 valence electrons. The third-order valence-corrected chi connectivity index (χ3v) is 10.9. The Balaban J connectivity index is 0.000000527. The van der Waals surface area contributed by atoms with Crippen molar-refractivity contribution >= 4 is 15.9 Å². The molecule has 2 N–H and O–H groups in total. The Morgan fingerprint density at radius 2 is 1.71 bits per heavy atom. The highest BCUT2D eigenvalue weighted by Gasteiger charge is 2.62. The second-order valence-corrected chi connectivity index (χ2v) is 14.4. The minimum absolute atomic E-state index is 0.188. The number of morpholine rings is 1. The van der Waals surface area contributed by atoms with E-state index in [2.05, 4.69) is 25.7 Å². The van der Waals surface area contributed by atoms with Crippen LogP contribution < -0.4 is 0 Å². The lowest BCUT2D eigenvalue weighted by Crippen LogP contribution is -2.61. The molecule has 4 saturated carbocycles. The number of carbonyl (C=O) groups is 1. The van der Waals surface area contributed by atoms with E-state index in [1.165, 1.54) is 32.1 Å². The Morgan fingerprint density at radius 3 is 2.34 bits per heavy atom. The zero-order valence-electron chi connectivity index (χ0n) is 22.3. The lowest BCUT2D eigenvalue weighted by molar-refractivity contribution is -0.160. The van der Waals surface area contributed by atoms with Crippen LogP contribution in [-0.2, 0) is 19.6 Å². The molecule has 1 aliphatic heterocycles. The zero-order chi connectivity index (χ0) is 25.8. The second kappa shape index (κ2) is 9.97. The van der Waals surface area contributed by atoms with Crippen LogP contribution in [0.25, 0.3) is 0 Å². The van der Waals surface area contributed by atoms with Crippen molar-refractivity contribution in [3.8, 4) is 0 Å². The van der Waals surface area contributed by atoms with Crippen molar-refractivity contribution in [3.05, 3.63) is 0 Å². The molecule has 4 aliphatic carbocycles. The number of hydrogen-bond acceptors (Lipinski definition) is 6. The van der Waals surface area contributed by atoms with Gasteiger partial charge in [0, 0.05) is 25.0 Å². The fourth-order valence-electron chi connectivity index (χ4n) is 9.46. The number of nitrogens with zero attached hydrogens (tertiary/aromatic N) is 1. The van der Waals surface area contributed by atoms with Gasteiger partial charge in [-0.15, -0.1) is 0 Å². The van der Waals surface area contributed by atoms with Crippen molar-refractivity contribution in [3.63, 3.8) is 0 Å². The highest BCUT2D eigenvalue weighted by Crippen LogP contribution is 2.67. The van der Waals surface area contributed by atoms with Gasteiger partial charge in [-0.1, -0.05) is 13.8 Å². The van der Waals surface area contributed by atoms with Crippen LogP contribution in [0.1, 0.15) is 79.1 Å². The van der Waals surface area contributed by atoms with E-state index < -0.39 is 10.1 Å². The molecule has 35 heavy (non-hydrogen) atoms. The summed E-state index contributed by atoms with van der Waals surface area (Å²) in [7, 11) is -3.67. The summed E-state index contributed by atoms with van der Waals surface area (Å²) >= 11 is 0. The van der Waals surface area contributed by atoms with Gasteiger partial charge in [0.25, 0.3) is 10.1 Å². The number of rotatable bonds is 2. The minimum Gasteiger partial charge on any atom is -0.391 e. The first kappa shape index (κ1) is 27.5. The molecule has 0 aromatic heterocycles. The van der Waals surface area contributed by atoms with Gasteiger partial charge in [-0.2, -0.15) is 8.42 Å². The molecule has 1 heterocycles. The molecule has 8 heteroatoms. The van der Waals surface area contributed by atoms with Gasteiger partial charge in [-0.05, 0) is 99.7 Å². The van der Waals surface area contributed by atoms with Gasteiger partial charge in [0.2, 0.25) is 0 Å². The van der Waals surface area contributed by atoms with Crippen LogP contribution >= 0.6 is 0 Å². The smallest absolute Gasteiger partial charge is 0.261 e. The predicted octanol–water partition coefficient (Wildman–Crippen LogP) is 3.80. The van der Waals surface area contributed by atoms with E-state index in [1.807, 2.05) is 6.92 Å². The van der Waals surface area contributed by atoms with Gasteiger partial charge in [-0.3, -0.25) is 14.2 Å². The molecule has 5 rings (SSSR count). The minimum atomic E-state index is -3.67. The Bertz CT molecular complexity index is 886. The number of aliphatic hydroxyl groups excluding tert-OH is 1. The van der Waals surface area contributed by atoms with Crippen LogP contribution in [0.4, 0.5) is 0 Å². The third kappa shape index (κ3) is 5.38. The molecule has 0 amide bonds. The summed E-state index contributed by atoms with van der Waals surface area (Å²) in [6.45, 7) is 11.7. The molecule has 7 nitrogen and oxygen atoms in total. The van der Waals surface area contributed by atoms with Gasteiger partial charge >= 0.3 is 0 Å². The molecule has 0 bridgehead atoms. The van der Waals surface area contributed by atoms with Crippen LogP contribution in [-0.4, -0.2) is 73.0 Å². The maximum Gasteiger partial charge on any atom is 0.261 e. The second-order valence-electron chi connectivity index (χ2n) is 12.9. The van der Waals surface area contributed by atoms with Crippen molar-refractivity contribution in [2.24, 2.45) is 40.4 Å². The summed E-state index contributed by atoms with van der Waals surface area (Å²) in [4.78, 5) is 14.9. The summed E-state index contributed by atoms with van der Waals surface area (Å²) in [6.07, 6.45) is 10.4. The van der Waals surface area contributed by atoms with Crippen molar-refractivity contribution < 1.29 is 27.6 Å². The highest BCUT2D eigenvalue weighted by molar-refractivity contribution is 7.85. The van der Waals surface area contributed by atoms with Gasteiger partial charge in [-0.25, -0.2) is 0 Å². The van der Waals surface area contributed by atoms with Gasteiger partial charge in [0.15, 0.2) is 0 Å². The maximum atomic E-state index is 12.4. The Kier molecular flexibility index (Phi) is 7.83. The summed E-state index contributed by atoms with van der Waals surface area (Å²) < 4.78 is 31.7. The van der Waals surface area contributed by atoms with Crippen molar-refractivity contribution in [2.75, 3.05) is 26.0 Å². The average molecular weight is 514 g/mol. The van der Waals surface area contributed by atoms with Gasteiger partial charge in [0.05, 0.1) is 25.1 Å². The van der Waals surface area contributed by atoms with Crippen LogP contribution in [0.15, 0.2) is 0 Å². The number of aliphatic hydroxyl groups is 1. The van der Waals surface area contributed by atoms with Crippen molar-refractivity contribution in [2.45, 2.75) is 97.3 Å². The first-order chi connectivity index (χ1) is 16.2. The lowest BCUT2D eigenvalue weighted by atomic mass is 9.44. The summed E-state index contributed by atoms with van der Waals surface area (Å²) in [6, 6.07) is 0.290. The summed E-state index contributed by atoms with van der Waals surface area (Å²) in [5, 5.41) is 11.1. The maximum absolute atomic E-state index is 12.4. The highest BCUT2D eigenvalue weighted by atomic mass is 32.2. The summed E-state index contributed by atoms with van der Waals surface area (Å²) in [5.74, 6) is 3.68. The molecule has 0 unspecified atom stereocenters. The number of carbonyl (C=O) groups excluding carboxylic acids is 1. The third-order valence-electron chi connectivity index (χ3n) is 10.9. The van der Waals surface area contributed by atoms with Gasteiger partial charge in [0.1, 0.15) is 5.78 Å². The predicted molar refractivity (Wildman–Crippen MR) is 136 cm³/mol. The quantitative estimate of drug-likeness (QED) is 0.541. The van der Waals surface area contributed by atoms with E-state index in [1.54, 1.807) is 0 Å². The summed E-state index contributed by atoms with van der Waals surface area (Å²) in [5.41, 5.74) is 0.577. The largest absolute Gasteiger partial charge is 0.391 e. The Labute approximate surface area is 212 Å². The average Bonchev–Trinajstić information content (AvgIpc) is 3.10. The van der Waals surface area contributed by atoms with E-state index in [9.17, 15) is 18.3 Å². The normalized spacial score (nSPS) is 48.1. The van der Waals surface area contributed by atoms with Crippen molar-refractivity contribution in [1.82, 2.24) is 4.90 Å². The first-order valence-electron chi connectivity index (χ1n) is 13.7. The lowest BCUT2D eigenvalue weighted by Gasteiger charge is -2.62. The van der Waals surface area contributed by atoms with E-state index in [-0.39, 0.29) is 17.6 Å². The van der Waals surface area contributed by atoms with Gasteiger partial charge < -0.3 is 9.84 Å². The number of hydrogen-bond donors (Lipinski definition) is 2. The molecular formula is C27H47NO6S. The fourth-order valence-corrected chi connectivity index (χ4v) is 9.46. The topological polar surface area (TPSA) is 104 Å². The van der Waals surface area contributed by atoms with E-state index in [0.717, 1.165) is 56.7 Å². The Morgan fingerprint density at radius 1 is 1.06 bits per heavy atom. The molecule has 0 aromatic carbocycles. The van der Waals surface area contributed by atoms with E-state index >= 15 is 0 Å². The molecule has 5 fully saturated rings. The fraction of sp³-hybridized carbons (Fsp3) is 0.963. The molecule has 5 aliphatic rings. The van der Waals surface area contributed by atoms with Crippen LogP contribution in [0.2, 0.25) is 0 Å². The van der Waals surface area contributed by atoms with Crippen LogP contribution in [0.5, 0.6) is 0 Å². The first-order valence-corrected chi connectivity index (χ1v) is 15.6. The number of ether oxygens (including phenoxy) is 1. The molecule has 10 atom stereocenters. The monoisotopic (exact) mass is 513 g/mol. The molecule has 1 saturated heterocycles. The number of ketones is 1. The van der Waals surface area contributed by atoms with Crippen molar-refractivity contribution in [1.29, 1.82) is 0 Å². The molecule has 0 radical (unpaired) electrons. The number of fused-ring (bicyclic) bond motifs is 5. The van der Waals surface area contributed by atoms with Crippen LogP contribution in [0.3, 0.4) is 0 Å². The number of Topliss-reactive ketones (excluding diaryl/α,β-unsaturated/α-hetero) is 1. The molecule has 0 aromatic rings. The SMILES string of the molecule is CC(=O)[C@H]1CC[C@H]2[C@@H]3CC[C@H]4C[C@H](O)[C@@H](N5CCO[C@@H](C)C5)C[C@]4(C)[C@H]3CC[C@]12C.CS(=O)(=O)O. The zero-order valence-corrected chi connectivity index (χ0v) is 23.1. The molecular weight excluding hydrogens is 466 g/mol. The van der Waals surface area contributed by atoms with Crippen LogP contribution in [0, 0.1) is 40.4 Å². The standard InChI is InChI=1S/C26H43NO3.CH4O3S/c1-16-15-27(11-12-30-16)23-14-26(4)18(13-24(23)29)5-6-19-21-8-7-20(17(2)28)25(21,3)10-9-22(19)26;1-5(2,3)4/h16,18-24,29H,5-15H2,1-4H3;1H3,(H,2,3,4)/t16-,18-,19-,20+,21-,22-,23-,24-,25+,26-;/m0./s1.